The summed E-state index contributed by atoms with van der Waals surface area (Å²) in [6, 6.07) is 15.9. The van der Waals surface area contributed by atoms with Crippen LogP contribution < -0.4 is 5.32 Å². The second-order valence-electron chi connectivity index (χ2n) is 6.44. The average molecular weight is 384 g/mol. The van der Waals surface area contributed by atoms with Crippen molar-refractivity contribution in [3.05, 3.63) is 60.4 Å². The fraction of sp³-hybridized carbons (Fsp3) is 0.250. The number of nitrogens with one attached hydrogen (secondary N) is 1. The van der Waals surface area contributed by atoms with Crippen LogP contribution in [0.1, 0.15) is 13.8 Å². The molecule has 0 unspecified atom stereocenters. The molecule has 0 radical (unpaired) electrons. The Labute approximate surface area is 162 Å². The number of carbonyl (C=O) groups is 1. The minimum absolute atomic E-state index is 0.0660. The lowest BCUT2D eigenvalue weighted by Crippen LogP contribution is -2.28. The zero-order valence-corrected chi connectivity index (χ0v) is 16.0. The van der Waals surface area contributed by atoms with Crippen LogP contribution in [-0.2, 0) is 4.79 Å². The SMILES string of the molecule is CC(C)CNC(=O)CSc1nnc(-c2ccccc2F)n1-c1ccccc1. The molecule has 0 spiro atoms. The first kappa shape index (κ1) is 19.1. The van der Waals surface area contributed by atoms with Gasteiger partial charge in [-0.25, -0.2) is 4.39 Å². The van der Waals surface area contributed by atoms with Gasteiger partial charge in [0.15, 0.2) is 11.0 Å². The van der Waals surface area contributed by atoms with E-state index in [-0.39, 0.29) is 17.5 Å². The molecular weight excluding hydrogens is 363 g/mol. The molecule has 0 aliphatic rings. The highest BCUT2D eigenvalue weighted by molar-refractivity contribution is 7.99. The summed E-state index contributed by atoms with van der Waals surface area (Å²) < 4.78 is 16.1. The Kier molecular flexibility index (Phi) is 6.24. The van der Waals surface area contributed by atoms with Gasteiger partial charge in [-0.05, 0) is 30.2 Å². The maximum absolute atomic E-state index is 14.3. The van der Waals surface area contributed by atoms with E-state index in [4.69, 9.17) is 0 Å². The van der Waals surface area contributed by atoms with Crippen LogP contribution in [0.4, 0.5) is 4.39 Å². The molecule has 0 aliphatic heterocycles. The van der Waals surface area contributed by atoms with Gasteiger partial charge in [0, 0.05) is 12.2 Å². The van der Waals surface area contributed by atoms with Crippen LogP contribution >= 0.6 is 11.8 Å². The lowest BCUT2D eigenvalue weighted by atomic mass is 10.2. The molecule has 0 bridgehead atoms. The van der Waals surface area contributed by atoms with Crippen molar-refractivity contribution >= 4 is 17.7 Å². The standard InChI is InChI=1S/C20H21FN4OS/c1-14(2)12-22-18(26)13-27-20-24-23-19(16-10-6-7-11-17(16)21)25(20)15-8-4-3-5-9-15/h3-11,14H,12-13H2,1-2H3,(H,22,26). The maximum Gasteiger partial charge on any atom is 0.230 e. The van der Waals surface area contributed by atoms with Crippen molar-refractivity contribution in [2.75, 3.05) is 12.3 Å². The van der Waals surface area contributed by atoms with Crippen LogP contribution in [0.3, 0.4) is 0 Å². The Bertz CT molecular complexity index is 911. The lowest BCUT2D eigenvalue weighted by molar-refractivity contribution is -0.118. The predicted molar refractivity (Wildman–Crippen MR) is 105 cm³/mol. The first-order chi connectivity index (χ1) is 13.1. The lowest BCUT2D eigenvalue weighted by Gasteiger charge is -2.11. The van der Waals surface area contributed by atoms with E-state index in [2.05, 4.69) is 15.5 Å². The number of halogens is 1. The van der Waals surface area contributed by atoms with E-state index in [0.29, 0.717) is 29.0 Å². The molecule has 1 amide bonds. The van der Waals surface area contributed by atoms with Gasteiger partial charge in [0.25, 0.3) is 0 Å². The van der Waals surface area contributed by atoms with Crippen molar-refractivity contribution in [2.45, 2.75) is 19.0 Å². The van der Waals surface area contributed by atoms with Crippen LogP contribution in [0.25, 0.3) is 17.1 Å². The van der Waals surface area contributed by atoms with Crippen molar-refractivity contribution in [1.82, 2.24) is 20.1 Å². The molecule has 0 saturated carbocycles. The molecule has 0 aliphatic carbocycles. The number of hydrogen-bond acceptors (Lipinski definition) is 4. The molecule has 1 heterocycles. The third kappa shape index (κ3) is 4.74. The van der Waals surface area contributed by atoms with E-state index in [1.807, 2.05) is 44.2 Å². The van der Waals surface area contributed by atoms with E-state index >= 15 is 0 Å². The molecule has 5 nitrogen and oxygen atoms in total. The highest BCUT2D eigenvalue weighted by Gasteiger charge is 2.19. The van der Waals surface area contributed by atoms with Crippen LogP contribution in [-0.4, -0.2) is 33.0 Å². The molecule has 0 saturated heterocycles. The normalized spacial score (nSPS) is 11.0. The number of rotatable bonds is 7. The van der Waals surface area contributed by atoms with E-state index in [0.717, 1.165) is 5.69 Å². The Morgan fingerprint density at radius 3 is 2.52 bits per heavy atom. The van der Waals surface area contributed by atoms with Crippen LogP contribution in [0.15, 0.2) is 59.8 Å². The number of aromatic nitrogens is 3. The van der Waals surface area contributed by atoms with Gasteiger partial charge in [-0.2, -0.15) is 0 Å². The van der Waals surface area contributed by atoms with Gasteiger partial charge < -0.3 is 5.32 Å². The molecule has 1 N–H and O–H groups in total. The second kappa shape index (κ2) is 8.81. The topological polar surface area (TPSA) is 59.8 Å². The van der Waals surface area contributed by atoms with Crippen molar-refractivity contribution in [1.29, 1.82) is 0 Å². The van der Waals surface area contributed by atoms with Crippen molar-refractivity contribution in [3.8, 4) is 17.1 Å². The minimum Gasteiger partial charge on any atom is -0.355 e. The van der Waals surface area contributed by atoms with Gasteiger partial charge >= 0.3 is 0 Å². The molecule has 3 rings (SSSR count). The van der Waals surface area contributed by atoms with Crippen LogP contribution in [0, 0.1) is 11.7 Å². The molecular formula is C20H21FN4OS. The summed E-state index contributed by atoms with van der Waals surface area (Å²) in [6.45, 7) is 4.71. The van der Waals surface area contributed by atoms with E-state index in [1.165, 1.54) is 17.8 Å². The molecule has 3 aromatic rings. The highest BCUT2D eigenvalue weighted by atomic mass is 32.2. The number of carbonyl (C=O) groups excluding carboxylic acids is 1. The van der Waals surface area contributed by atoms with Gasteiger partial charge in [0.05, 0.1) is 11.3 Å². The molecule has 27 heavy (non-hydrogen) atoms. The molecule has 0 fully saturated rings. The number of amides is 1. The average Bonchev–Trinajstić information content (AvgIpc) is 3.09. The van der Waals surface area contributed by atoms with E-state index in [9.17, 15) is 9.18 Å². The summed E-state index contributed by atoms with van der Waals surface area (Å²) in [7, 11) is 0. The smallest absolute Gasteiger partial charge is 0.230 e. The van der Waals surface area contributed by atoms with Gasteiger partial charge in [-0.15, -0.1) is 10.2 Å². The number of benzene rings is 2. The van der Waals surface area contributed by atoms with Crippen molar-refractivity contribution in [3.63, 3.8) is 0 Å². The third-order valence-corrected chi connectivity index (χ3v) is 4.73. The van der Waals surface area contributed by atoms with Gasteiger partial charge in [-0.3, -0.25) is 9.36 Å². The summed E-state index contributed by atoms with van der Waals surface area (Å²) in [4.78, 5) is 12.1. The Balaban J connectivity index is 1.91. The maximum atomic E-state index is 14.3. The van der Waals surface area contributed by atoms with Gasteiger partial charge in [0.2, 0.25) is 5.91 Å². The van der Waals surface area contributed by atoms with Crippen LogP contribution in [0.2, 0.25) is 0 Å². The Hall–Kier alpha value is -2.67. The molecule has 2 aromatic carbocycles. The van der Waals surface area contributed by atoms with Gasteiger partial charge in [0.1, 0.15) is 5.82 Å². The van der Waals surface area contributed by atoms with E-state index in [1.54, 1.807) is 22.8 Å². The highest BCUT2D eigenvalue weighted by Crippen LogP contribution is 2.29. The monoisotopic (exact) mass is 384 g/mol. The summed E-state index contributed by atoms with van der Waals surface area (Å²) in [5.74, 6) is 0.579. The third-order valence-electron chi connectivity index (χ3n) is 3.80. The Morgan fingerprint density at radius 2 is 1.81 bits per heavy atom. The predicted octanol–water partition coefficient (Wildman–Crippen LogP) is 3.94. The largest absolute Gasteiger partial charge is 0.355 e. The first-order valence-corrected chi connectivity index (χ1v) is 9.70. The summed E-state index contributed by atoms with van der Waals surface area (Å²) in [5, 5.41) is 11.8. The minimum atomic E-state index is -0.367. The summed E-state index contributed by atoms with van der Waals surface area (Å²) >= 11 is 1.28. The zero-order chi connectivity index (χ0) is 19.2. The van der Waals surface area contributed by atoms with Crippen molar-refractivity contribution < 1.29 is 9.18 Å². The van der Waals surface area contributed by atoms with E-state index < -0.39 is 0 Å². The summed E-state index contributed by atoms with van der Waals surface area (Å²) in [5.41, 5.74) is 1.18. The molecule has 7 heteroatoms. The second-order valence-corrected chi connectivity index (χ2v) is 7.39. The fourth-order valence-corrected chi connectivity index (χ4v) is 3.27. The fourth-order valence-electron chi connectivity index (χ4n) is 2.49. The molecule has 140 valence electrons. The Morgan fingerprint density at radius 1 is 1.11 bits per heavy atom. The zero-order valence-electron chi connectivity index (χ0n) is 15.2. The molecule has 1 aromatic heterocycles. The van der Waals surface area contributed by atoms with Crippen LogP contribution in [0.5, 0.6) is 0 Å². The van der Waals surface area contributed by atoms with Crippen molar-refractivity contribution in [2.24, 2.45) is 5.92 Å². The number of nitrogens with zero attached hydrogens (tertiary/aromatic N) is 3. The quantitative estimate of drug-likeness (QED) is 0.627. The summed E-state index contributed by atoms with van der Waals surface area (Å²) in [6.07, 6.45) is 0. The number of thioether (sulfide) groups is 1. The number of hydrogen-bond donors (Lipinski definition) is 1. The van der Waals surface area contributed by atoms with Gasteiger partial charge in [-0.1, -0.05) is 55.9 Å². The first-order valence-electron chi connectivity index (χ1n) is 8.71. The molecule has 0 atom stereocenters. The number of para-hydroxylation sites is 1.